The van der Waals surface area contributed by atoms with Crippen molar-refractivity contribution in [2.45, 2.75) is 32.4 Å². The van der Waals surface area contributed by atoms with Crippen LogP contribution in [0.3, 0.4) is 0 Å². The van der Waals surface area contributed by atoms with Crippen LogP contribution in [-0.2, 0) is 6.54 Å². The standard InChI is InChI=1S/C19H22N4O/c1-14-21-11-15(12-22-14)13-23-9-6-16(7-10-23)24-19-4-2-3-18-17(19)5-8-20-18/h2-5,8,11-12,16,20H,6-7,9-10,13H2,1H3. The highest BCUT2D eigenvalue weighted by Gasteiger charge is 2.21. The van der Waals surface area contributed by atoms with Crippen LogP contribution in [0.1, 0.15) is 24.2 Å². The van der Waals surface area contributed by atoms with Crippen LogP contribution in [0.2, 0.25) is 0 Å². The van der Waals surface area contributed by atoms with E-state index in [0.717, 1.165) is 55.0 Å². The van der Waals surface area contributed by atoms with E-state index in [2.05, 4.69) is 38.1 Å². The van der Waals surface area contributed by atoms with Crippen LogP contribution in [0, 0.1) is 6.92 Å². The molecule has 0 atom stereocenters. The van der Waals surface area contributed by atoms with Crippen molar-refractivity contribution < 1.29 is 4.74 Å². The first-order valence-electron chi connectivity index (χ1n) is 8.50. The lowest BCUT2D eigenvalue weighted by atomic mass is 10.1. The Balaban J connectivity index is 1.34. The zero-order chi connectivity index (χ0) is 16.4. The predicted octanol–water partition coefficient (Wildman–Crippen LogP) is 3.31. The van der Waals surface area contributed by atoms with Crippen LogP contribution in [0.15, 0.2) is 42.9 Å². The molecule has 5 nitrogen and oxygen atoms in total. The molecule has 1 aliphatic rings. The van der Waals surface area contributed by atoms with E-state index in [1.807, 2.05) is 31.6 Å². The van der Waals surface area contributed by atoms with Gasteiger partial charge >= 0.3 is 0 Å². The second kappa shape index (κ2) is 6.61. The number of hydrogen-bond acceptors (Lipinski definition) is 4. The summed E-state index contributed by atoms with van der Waals surface area (Å²) in [5, 5.41) is 1.16. The normalized spacial score (nSPS) is 16.5. The molecule has 0 saturated carbocycles. The monoisotopic (exact) mass is 322 g/mol. The molecule has 0 radical (unpaired) electrons. The number of nitrogens with one attached hydrogen (secondary N) is 1. The Kier molecular flexibility index (Phi) is 4.17. The van der Waals surface area contributed by atoms with Gasteiger partial charge in [0.25, 0.3) is 0 Å². The Morgan fingerprint density at radius 3 is 2.75 bits per heavy atom. The molecular formula is C19H22N4O. The lowest BCUT2D eigenvalue weighted by Crippen LogP contribution is -2.37. The Morgan fingerprint density at radius 2 is 1.96 bits per heavy atom. The fraction of sp³-hybridized carbons (Fsp3) is 0.368. The van der Waals surface area contributed by atoms with E-state index in [1.165, 1.54) is 5.56 Å². The largest absolute Gasteiger partial charge is 0.490 e. The molecule has 1 aromatic carbocycles. The fourth-order valence-corrected chi connectivity index (χ4v) is 3.28. The zero-order valence-corrected chi connectivity index (χ0v) is 13.9. The van der Waals surface area contributed by atoms with Crippen molar-refractivity contribution in [3.63, 3.8) is 0 Å². The van der Waals surface area contributed by atoms with Crippen molar-refractivity contribution in [2.75, 3.05) is 13.1 Å². The molecule has 0 aliphatic carbocycles. The summed E-state index contributed by atoms with van der Waals surface area (Å²) in [6.07, 6.45) is 8.20. The number of fused-ring (bicyclic) bond motifs is 1. The maximum Gasteiger partial charge on any atom is 0.129 e. The van der Waals surface area contributed by atoms with Crippen LogP contribution < -0.4 is 4.74 Å². The molecule has 24 heavy (non-hydrogen) atoms. The summed E-state index contributed by atoms with van der Waals surface area (Å²) in [5.41, 5.74) is 2.31. The van der Waals surface area contributed by atoms with Gasteiger partial charge in [-0.1, -0.05) is 6.07 Å². The minimum atomic E-state index is 0.288. The number of benzene rings is 1. The van der Waals surface area contributed by atoms with Crippen molar-refractivity contribution in [3.8, 4) is 5.75 Å². The second-order valence-corrected chi connectivity index (χ2v) is 6.43. The summed E-state index contributed by atoms with van der Waals surface area (Å²) in [7, 11) is 0. The molecule has 1 fully saturated rings. The van der Waals surface area contributed by atoms with Gasteiger partial charge in [0.15, 0.2) is 0 Å². The van der Waals surface area contributed by atoms with E-state index in [9.17, 15) is 0 Å². The SMILES string of the molecule is Cc1ncc(CN2CCC(Oc3cccc4[nH]ccc34)CC2)cn1. The van der Waals surface area contributed by atoms with Gasteiger partial charge in [-0.15, -0.1) is 0 Å². The van der Waals surface area contributed by atoms with Gasteiger partial charge in [0.05, 0.1) is 0 Å². The van der Waals surface area contributed by atoms with Crippen LogP contribution >= 0.6 is 0 Å². The molecule has 0 spiro atoms. The highest BCUT2D eigenvalue weighted by Crippen LogP contribution is 2.27. The summed E-state index contributed by atoms with van der Waals surface area (Å²) < 4.78 is 6.27. The smallest absolute Gasteiger partial charge is 0.129 e. The third-order valence-electron chi connectivity index (χ3n) is 4.62. The molecule has 1 aliphatic heterocycles. The number of likely N-dealkylation sites (tertiary alicyclic amines) is 1. The van der Waals surface area contributed by atoms with E-state index in [4.69, 9.17) is 4.74 Å². The number of aromatic nitrogens is 3. The fourth-order valence-electron chi connectivity index (χ4n) is 3.28. The Bertz CT molecular complexity index is 804. The summed E-state index contributed by atoms with van der Waals surface area (Å²) in [5.74, 6) is 1.81. The number of nitrogens with zero attached hydrogens (tertiary/aromatic N) is 3. The molecule has 1 saturated heterocycles. The Hall–Kier alpha value is -2.40. The average Bonchev–Trinajstić information content (AvgIpc) is 3.08. The molecule has 4 rings (SSSR count). The van der Waals surface area contributed by atoms with Gasteiger partial charge in [-0.25, -0.2) is 9.97 Å². The topological polar surface area (TPSA) is 54.0 Å². The average molecular weight is 322 g/mol. The molecule has 3 heterocycles. The number of aromatic amines is 1. The van der Waals surface area contributed by atoms with Crippen molar-refractivity contribution >= 4 is 10.9 Å². The first kappa shape index (κ1) is 15.1. The Labute approximate surface area is 141 Å². The van der Waals surface area contributed by atoms with Gasteiger partial charge in [0, 0.05) is 54.7 Å². The van der Waals surface area contributed by atoms with Gasteiger partial charge in [0.2, 0.25) is 0 Å². The number of H-pyrrole nitrogens is 1. The van der Waals surface area contributed by atoms with Crippen molar-refractivity contribution in [3.05, 3.63) is 54.2 Å². The van der Waals surface area contributed by atoms with Crippen LogP contribution in [-0.4, -0.2) is 39.0 Å². The summed E-state index contributed by atoms with van der Waals surface area (Å²) in [4.78, 5) is 14.2. The van der Waals surface area contributed by atoms with Crippen molar-refractivity contribution in [2.24, 2.45) is 0 Å². The van der Waals surface area contributed by atoms with Crippen LogP contribution in [0.25, 0.3) is 10.9 Å². The first-order chi connectivity index (χ1) is 11.8. The third-order valence-corrected chi connectivity index (χ3v) is 4.62. The minimum Gasteiger partial charge on any atom is -0.490 e. The molecule has 1 N–H and O–H groups in total. The summed E-state index contributed by atoms with van der Waals surface area (Å²) >= 11 is 0. The number of ether oxygens (including phenoxy) is 1. The number of aryl methyl sites for hydroxylation is 1. The van der Waals surface area contributed by atoms with E-state index in [1.54, 1.807) is 0 Å². The molecule has 2 aromatic heterocycles. The van der Waals surface area contributed by atoms with Crippen LogP contribution in [0.5, 0.6) is 5.75 Å². The number of rotatable bonds is 4. The maximum atomic E-state index is 6.27. The van der Waals surface area contributed by atoms with Crippen LogP contribution in [0.4, 0.5) is 0 Å². The van der Waals surface area contributed by atoms with Crippen molar-refractivity contribution in [1.29, 1.82) is 0 Å². The van der Waals surface area contributed by atoms with Gasteiger partial charge < -0.3 is 9.72 Å². The third kappa shape index (κ3) is 3.26. The number of piperidine rings is 1. The van der Waals surface area contributed by atoms with E-state index >= 15 is 0 Å². The van der Waals surface area contributed by atoms with E-state index in [-0.39, 0.29) is 6.10 Å². The highest BCUT2D eigenvalue weighted by molar-refractivity contribution is 5.85. The Morgan fingerprint density at radius 1 is 1.17 bits per heavy atom. The molecule has 0 bridgehead atoms. The van der Waals surface area contributed by atoms with Crippen molar-refractivity contribution in [1.82, 2.24) is 19.9 Å². The molecule has 3 aromatic rings. The summed E-state index contributed by atoms with van der Waals surface area (Å²) in [6, 6.07) is 8.26. The summed E-state index contributed by atoms with van der Waals surface area (Å²) in [6.45, 7) is 4.92. The first-order valence-corrected chi connectivity index (χ1v) is 8.50. The second-order valence-electron chi connectivity index (χ2n) is 6.43. The highest BCUT2D eigenvalue weighted by atomic mass is 16.5. The lowest BCUT2D eigenvalue weighted by Gasteiger charge is -2.32. The van der Waals surface area contributed by atoms with E-state index < -0.39 is 0 Å². The molecule has 5 heteroatoms. The van der Waals surface area contributed by atoms with E-state index in [0.29, 0.717) is 0 Å². The molecule has 124 valence electrons. The zero-order valence-electron chi connectivity index (χ0n) is 13.9. The lowest BCUT2D eigenvalue weighted by molar-refractivity contribution is 0.0979. The number of hydrogen-bond donors (Lipinski definition) is 1. The minimum absolute atomic E-state index is 0.288. The van der Waals surface area contributed by atoms with Gasteiger partial charge in [-0.2, -0.15) is 0 Å². The van der Waals surface area contributed by atoms with Gasteiger partial charge in [0.1, 0.15) is 17.7 Å². The quantitative estimate of drug-likeness (QED) is 0.801. The maximum absolute atomic E-state index is 6.27. The van der Waals surface area contributed by atoms with Gasteiger partial charge in [-0.3, -0.25) is 4.90 Å². The molecule has 0 unspecified atom stereocenters. The van der Waals surface area contributed by atoms with Gasteiger partial charge in [-0.05, 0) is 38.0 Å². The molecular weight excluding hydrogens is 300 g/mol. The molecule has 0 amide bonds. The predicted molar refractivity (Wildman–Crippen MR) is 94.0 cm³/mol.